The summed E-state index contributed by atoms with van der Waals surface area (Å²) in [6, 6.07) is 6.59. The monoisotopic (exact) mass is 360 g/mol. The van der Waals surface area contributed by atoms with E-state index in [0.717, 1.165) is 12.0 Å². The van der Waals surface area contributed by atoms with E-state index in [9.17, 15) is 9.59 Å². The lowest BCUT2D eigenvalue weighted by molar-refractivity contribution is -0.139. The molecule has 0 spiro atoms. The number of urea groups is 1. The summed E-state index contributed by atoms with van der Waals surface area (Å²) in [6.07, 6.45) is 1.41. The van der Waals surface area contributed by atoms with Crippen molar-refractivity contribution in [2.75, 3.05) is 13.2 Å². The van der Waals surface area contributed by atoms with E-state index in [1.807, 2.05) is 31.2 Å². The summed E-state index contributed by atoms with van der Waals surface area (Å²) in [6.45, 7) is 8.80. The van der Waals surface area contributed by atoms with Gasteiger partial charge in [-0.25, -0.2) is 9.59 Å². The Morgan fingerprint density at radius 1 is 1.27 bits per heavy atom. The molecule has 2 N–H and O–H groups in total. The number of carbonyl (C=O) groups is 2. The van der Waals surface area contributed by atoms with Crippen LogP contribution in [0.15, 0.2) is 35.5 Å². The first kappa shape index (κ1) is 19.8. The highest BCUT2D eigenvalue weighted by atomic mass is 16.5. The van der Waals surface area contributed by atoms with E-state index in [1.54, 1.807) is 6.92 Å². The predicted molar refractivity (Wildman–Crippen MR) is 99.8 cm³/mol. The number of carbonyl (C=O) groups excluding carboxylic acids is 2. The van der Waals surface area contributed by atoms with Crippen LogP contribution >= 0.6 is 0 Å². The van der Waals surface area contributed by atoms with E-state index in [1.165, 1.54) is 0 Å². The quantitative estimate of drug-likeness (QED) is 0.693. The molecule has 1 unspecified atom stereocenters. The molecule has 6 heteroatoms. The van der Waals surface area contributed by atoms with Crippen molar-refractivity contribution in [2.45, 2.75) is 46.6 Å². The molecular formula is C20H28N2O4. The highest BCUT2D eigenvalue weighted by Gasteiger charge is 2.33. The van der Waals surface area contributed by atoms with Crippen LogP contribution in [0.3, 0.4) is 0 Å². The lowest BCUT2D eigenvalue weighted by atomic mass is 9.93. The van der Waals surface area contributed by atoms with Gasteiger partial charge in [-0.3, -0.25) is 0 Å². The summed E-state index contributed by atoms with van der Waals surface area (Å²) in [5.41, 5.74) is 1.86. The molecule has 1 heterocycles. The predicted octanol–water partition coefficient (Wildman–Crippen LogP) is 3.69. The zero-order chi connectivity index (χ0) is 19.1. The molecule has 2 rings (SSSR count). The van der Waals surface area contributed by atoms with E-state index >= 15 is 0 Å². The smallest absolute Gasteiger partial charge is 0.338 e. The highest BCUT2D eigenvalue weighted by Crippen LogP contribution is 2.31. The Kier molecular flexibility index (Phi) is 7.06. The number of esters is 1. The van der Waals surface area contributed by atoms with Gasteiger partial charge >= 0.3 is 12.0 Å². The number of allylic oxidation sites excluding steroid dienone is 1. The third-order valence-corrected chi connectivity index (χ3v) is 3.92. The SMILES string of the molecule is CCCC1=C(C(=O)OCC)C(c2cccc(OCC(C)C)c2)NC(=O)N1. The molecule has 1 aromatic carbocycles. The second-order valence-corrected chi connectivity index (χ2v) is 6.67. The van der Waals surface area contributed by atoms with Crippen LogP contribution in [-0.2, 0) is 9.53 Å². The summed E-state index contributed by atoms with van der Waals surface area (Å²) in [5, 5.41) is 5.60. The van der Waals surface area contributed by atoms with Gasteiger partial charge in [-0.1, -0.05) is 39.3 Å². The van der Waals surface area contributed by atoms with Crippen LogP contribution in [0.4, 0.5) is 4.79 Å². The van der Waals surface area contributed by atoms with Gasteiger partial charge in [-0.2, -0.15) is 0 Å². The number of nitrogens with one attached hydrogen (secondary N) is 2. The van der Waals surface area contributed by atoms with Crippen LogP contribution in [0.1, 0.15) is 52.1 Å². The van der Waals surface area contributed by atoms with Crippen molar-refractivity contribution in [3.63, 3.8) is 0 Å². The number of ether oxygens (including phenoxy) is 2. The number of hydrogen-bond donors (Lipinski definition) is 2. The summed E-state index contributed by atoms with van der Waals surface area (Å²) < 4.78 is 11.0. The first-order valence-corrected chi connectivity index (χ1v) is 9.16. The lowest BCUT2D eigenvalue weighted by Crippen LogP contribution is -2.46. The van der Waals surface area contributed by atoms with E-state index in [0.29, 0.717) is 36.0 Å². The Balaban J connectivity index is 2.40. The van der Waals surface area contributed by atoms with Crippen LogP contribution in [0.5, 0.6) is 5.75 Å². The second kappa shape index (κ2) is 9.27. The molecule has 0 saturated carbocycles. The summed E-state index contributed by atoms with van der Waals surface area (Å²) in [5.74, 6) is 0.703. The molecule has 6 nitrogen and oxygen atoms in total. The van der Waals surface area contributed by atoms with Crippen LogP contribution in [0.2, 0.25) is 0 Å². The average molecular weight is 360 g/mol. The van der Waals surface area contributed by atoms with E-state index in [2.05, 4.69) is 24.5 Å². The zero-order valence-corrected chi connectivity index (χ0v) is 15.9. The zero-order valence-electron chi connectivity index (χ0n) is 15.9. The maximum atomic E-state index is 12.6. The standard InChI is InChI=1S/C20H28N2O4/c1-5-8-16-17(19(23)25-6-2)18(22-20(24)21-16)14-9-7-10-15(11-14)26-12-13(3)4/h7,9-11,13,18H,5-6,8,12H2,1-4H3,(H2,21,22,24). The summed E-state index contributed by atoms with van der Waals surface area (Å²) in [4.78, 5) is 24.7. The fraction of sp³-hybridized carbons (Fsp3) is 0.500. The van der Waals surface area contributed by atoms with Crippen molar-refractivity contribution in [3.8, 4) is 5.75 Å². The molecule has 1 atom stereocenters. The number of amides is 2. The van der Waals surface area contributed by atoms with Crippen molar-refractivity contribution in [1.82, 2.24) is 10.6 Å². The summed E-state index contributed by atoms with van der Waals surface area (Å²) in [7, 11) is 0. The highest BCUT2D eigenvalue weighted by molar-refractivity contribution is 5.95. The Bertz CT molecular complexity index is 682. The van der Waals surface area contributed by atoms with Gasteiger partial charge in [-0.15, -0.1) is 0 Å². The molecule has 1 aromatic rings. The molecule has 0 fully saturated rings. The van der Waals surface area contributed by atoms with Gasteiger partial charge in [0, 0.05) is 5.70 Å². The van der Waals surface area contributed by atoms with Gasteiger partial charge in [0.15, 0.2) is 0 Å². The molecule has 2 amide bonds. The normalized spacial score (nSPS) is 17.0. The van der Waals surface area contributed by atoms with Gasteiger partial charge < -0.3 is 20.1 Å². The minimum absolute atomic E-state index is 0.278. The van der Waals surface area contributed by atoms with Crippen molar-refractivity contribution < 1.29 is 19.1 Å². The second-order valence-electron chi connectivity index (χ2n) is 6.67. The molecule has 0 aromatic heterocycles. The molecular weight excluding hydrogens is 332 g/mol. The largest absolute Gasteiger partial charge is 0.493 e. The number of hydrogen-bond acceptors (Lipinski definition) is 4. The topological polar surface area (TPSA) is 76.7 Å². The van der Waals surface area contributed by atoms with Gasteiger partial charge in [0.05, 0.1) is 24.8 Å². The molecule has 0 radical (unpaired) electrons. The molecule has 0 saturated heterocycles. The third kappa shape index (κ3) is 5.00. The molecule has 0 bridgehead atoms. The van der Waals surface area contributed by atoms with Crippen molar-refractivity contribution in [2.24, 2.45) is 5.92 Å². The maximum Gasteiger partial charge on any atom is 0.338 e. The molecule has 1 aliphatic heterocycles. The number of rotatable bonds is 8. The minimum Gasteiger partial charge on any atom is -0.493 e. The molecule has 1 aliphatic rings. The van der Waals surface area contributed by atoms with Gasteiger partial charge in [0.1, 0.15) is 5.75 Å². The van der Waals surface area contributed by atoms with E-state index in [4.69, 9.17) is 9.47 Å². The Morgan fingerprint density at radius 3 is 2.69 bits per heavy atom. The van der Waals surface area contributed by atoms with Crippen molar-refractivity contribution in [1.29, 1.82) is 0 Å². The maximum absolute atomic E-state index is 12.6. The summed E-state index contributed by atoms with van der Waals surface area (Å²) >= 11 is 0. The fourth-order valence-corrected chi connectivity index (χ4v) is 2.81. The Morgan fingerprint density at radius 2 is 2.04 bits per heavy atom. The van der Waals surface area contributed by atoms with Crippen LogP contribution in [-0.4, -0.2) is 25.2 Å². The third-order valence-electron chi connectivity index (χ3n) is 3.92. The average Bonchev–Trinajstić information content (AvgIpc) is 2.60. The van der Waals surface area contributed by atoms with Gasteiger partial charge in [0.25, 0.3) is 0 Å². The molecule has 0 aliphatic carbocycles. The fourth-order valence-electron chi connectivity index (χ4n) is 2.81. The van der Waals surface area contributed by atoms with Crippen LogP contribution in [0, 0.1) is 5.92 Å². The van der Waals surface area contributed by atoms with Gasteiger partial charge in [-0.05, 0) is 37.0 Å². The number of benzene rings is 1. The van der Waals surface area contributed by atoms with Crippen LogP contribution in [0.25, 0.3) is 0 Å². The van der Waals surface area contributed by atoms with Crippen LogP contribution < -0.4 is 15.4 Å². The van der Waals surface area contributed by atoms with Crippen molar-refractivity contribution >= 4 is 12.0 Å². The first-order chi connectivity index (χ1) is 12.5. The van der Waals surface area contributed by atoms with E-state index < -0.39 is 12.0 Å². The van der Waals surface area contributed by atoms with E-state index in [-0.39, 0.29) is 12.6 Å². The minimum atomic E-state index is -0.563. The molecule has 26 heavy (non-hydrogen) atoms. The first-order valence-electron chi connectivity index (χ1n) is 9.16. The van der Waals surface area contributed by atoms with Gasteiger partial charge in [0.2, 0.25) is 0 Å². The Hall–Kier alpha value is -2.50. The molecule has 142 valence electrons. The lowest BCUT2D eigenvalue weighted by Gasteiger charge is -2.29. The van der Waals surface area contributed by atoms with Crippen molar-refractivity contribution in [3.05, 3.63) is 41.1 Å². The Labute approximate surface area is 154 Å².